The van der Waals surface area contributed by atoms with Crippen molar-refractivity contribution in [2.75, 3.05) is 33.3 Å². The Morgan fingerprint density at radius 3 is 2.00 bits per heavy atom. The van der Waals surface area contributed by atoms with E-state index in [4.69, 9.17) is 4.74 Å². The predicted octanol–water partition coefficient (Wildman–Crippen LogP) is 7.43. The Morgan fingerprint density at radius 2 is 1.39 bits per heavy atom. The van der Waals surface area contributed by atoms with Gasteiger partial charge in [-0.25, -0.2) is 19.2 Å². The molecular weight excluding hydrogens is 712 g/mol. The van der Waals surface area contributed by atoms with Gasteiger partial charge in [0.05, 0.1) is 49.0 Å². The minimum absolute atomic E-state index is 0.0969. The van der Waals surface area contributed by atoms with Crippen LogP contribution in [0.5, 0.6) is 0 Å². The Kier molecular flexibility index (Phi) is 11.6. The number of nitrogens with zero attached hydrogens (tertiary/aromatic N) is 5. The Bertz CT molecular complexity index is 2150. The van der Waals surface area contributed by atoms with E-state index in [0.29, 0.717) is 41.6 Å². The number of aromatic amines is 2. The molecule has 0 bridgehead atoms. The Hall–Kier alpha value is -5.82. The van der Waals surface area contributed by atoms with Crippen LogP contribution in [-0.4, -0.2) is 91.9 Å². The number of aromatic nitrogens is 4. The molecule has 5 aromatic rings. The number of ether oxygens (including phenoxy) is 1. The zero-order valence-electron chi connectivity index (χ0n) is 32.3. The van der Waals surface area contributed by atoms with Crippen LogP contribution in [0, 0.1) is 5.82 Å². The predicted molar refractivity (Wildman–Crippen MR) is 211 cm³/mol. The second kappa shape index (κ2) is 16.9. The molecule has 0 aliphatic carbocycles. The molecule has 0 radical (unpaired) electrons. The number of benzene rings is 3. The number of H-pyrrole nitrogens is 2. The Labute approximate surface area is 326 Å². The van der Waals surface area contributed by atoms with Gasteiger partial charge in [0.2, 0.25) is 5.91 Å². The minimum atomic E-state index is -0.895. The normalized spacial score (nSPS) is 18.0. The van der Waals surface area contributed by atoms with Gasteiger partial charge in [0.1, 0.15) is 23.5 Å². The van der Waals surface area contributed by atoms with Gasteiger partial charge in [-0.15, -0.1) is 0 Å². The van der Waals surface area contributed by atoms with Crippen molar-refractivity contribution in [3.05, 3.63) is 108 Å². The Morgan fingerprint density at radius 1 is 0.821 bits per heavy atom. The van der Waals surface area contributed by atoms with E-state index in [-0.39, 0.29) is 35.8 Å². The molecule has 2 aliphatic rings. The zero-order valence-corrected chi connectivity index (χ0v) is 32.3. The third-order valence-corrected chi connectivity index (χ3v) is 11.2. The van der Waals surface area contributed by atoms with Gasteiger partial charge in [-0.05, 0) is 80.1 Å². The molecule has 0 spiro atoms. The van der Waals surface area contributed by atoms with Gasteiger partial charge in [0.15, 0.2) is 0 Å². The molecule has 3 aromatic carbocycles. The minimum Gasteiger partial charge on any atom is -0.453 e. The van der Waals surface area contributed by atoms with Crippen molar-refractivity contribution in [2.24, 2.45) is 0 Å². The number of imidazole rings is 2. The lowest BCUT2D eigenvalue weighted by Gasteiger charge is -2.31. The van der Waals surface area contributed by atoms with Crippen molar-refractivity contribution in [3.8, 4) is 33.6 Å². The van der Waals surface area contributed by atoms with Gasteiger partial charge >= 0.3 is 6.09 Å². The van der Waals surface area contributed by atoms with Crippen LogP contribution < -0.4 is 5.32 Å². The maximum atomic E-state index is 15.7. The number of carbonyl (C=O) groups excluding carboxylic acids is 3. The highest BCUT2D eigenvalue weighted by molar-refractivity contribution is 5.87. The number of nitrogens with one attached hydrogen (secondary N) is 3. The molecular formula is C43H49FN8O4. The van der Waals surface area contributed by atoms with Crippen molar-refractivity contribution in [3.63, 3.8) is 0 Å². The molecule has 2 aromatic heterocycles. The zero-order chi connectivity index (χ0) is 39.3. The van der Waals surface area contributed by atoms with E-state index in [1.165, 1.54) is 13.2 Å². The monoisotopic (exact) mass is 760 g/mol. The topological polar surface area (TPSA) is 140 Å². The van der Waals surface area contributed by atoms with Crippen molar-refractivity contribution in [1.82, 2.24) is 40.0 Å². The first-order valence-electron chi connectivity index (χ1n) is 19.5. The number of halogens is 1. The van der Waals surface area contributed by atoms with Crippen LogP contribution >= 0.6 is 0 Å². The van der Waals surface area contributed by atoms with Gasteiger partial charge in [0, 0.05) is 18.7 Å². The summed E-state index contributed by atoms with van der Waals surface area (Å²) < 4.78 is 20.5. The molecule has 4 atom stereocenters. The summed E-state index contributed by atoms with van der Waals surface area (Å²) in [7, 11) is 1.27. The highest BCUT2D eigenvalue weighted by Crippen LogP contribution is 2.36. The fourth-order valence-corrected chi connectivity index (χ4v) is 8.12. The van der Waals surface area contributed by atoms with Crippen molar-refractivity contribution in [1.29, 1.82) is 0 Å². The first kappa shape index (κ1) is 38.5. The number of likely N-dealkylation sites (N-methyl/N-ethyl adjacent to an activating group) is 1. The number of alkyl carbamates (subject to hydrolysis) is 1. The van der Waals surface area contributed by atoms with E-state index in [0.717, 1.165) is 61.2 Å². The number of hydrogen-bond acceptors (Lipinski definition) is 7. The number of amides is 3. The molecule has 3 amide bonds. The van der Waals surface area contributed by atoms with Crippen LogP contribution in [-0.2, 0) is 14.3 Å². The summed E-state index contributed by atoms with van der Waals surface area (Å²) in [6, 6.07) is 20.5. The highest BCUT2D eigenvalue weighted by atomic mass is 19.1. The third kappa shape index (κ3) is 7.81. The van der Waals surface area contributed by atoms with E-state index in [1.54, 1.807) is 35.5 Å². The van der Waals surface area contributed by atoms with Crippen molar-refractivity contribution >= 4 is 17.9 Å². The molecule has 13 heteroatoms. The summed E-state index contributed by atoms with van der Waals surface area (Å²) in [6.45, 7) is 8.91. The van der Waals surface area contributed by atoms with Gasteiger partial charge in [-0.1, -0.05) is 74.5 Å². The first-order chi connectivity index (χ1) is 27.2. The van der Waals surface area contributed by atoms with Gasteiger partial charge in [-0.3, -0.25) is 14.5 Å². The largest absolute Gasteiger partial charge is 0.453 e. The molecule has 2 aliphatic heterocycles. The molecule has 1 unspecified atom stereocenters. The van der Waals surface area contributed by atoms with E-state index in [1.807, 2.05) is 60.4 Å². The van der Waals surface area contributed by atoms with Gasteiger partial charge in [-0.2, -0.15) is 0 Å². The maximum absolute atomic E-state index is 15.7. The summed E-state index contributed by atoms with van der Waals surface area (Å²) in [5.74, 6) is 0.838. The van der Waals surface area contributed by atoms with E-state index < -0.39 is 12.1 Å². The summed E-state index contributed by atoms with van der Waals surface area (Å²) in [5.41, 5.74) is 4.92. The average Bonchev–Trinajstić information content (AvgIpc) is 4.07. The molecule has 7 rings (SSSR count). The molecule has 56 heavy (non-hydrogen) atoms. The number of carbonyl (C=O) groups is 3. The van der Waals surface area contributed by atoms with Gasteiger partial charge < -0.3 is 29.8 Å². The van der Waals surface area contributed by atoms with Crippen LogP contribution in [0.1, 0.15) is 81.8 Å². The van der Waals surface area contributed by atoms with Gasteiger partial charge in [0.25, 0.3) is 5.91 Å². The lowest BCUT2D eigenvalue weighted by atomic mass is 10.0. The van der Waals surface area contributed by atoms with Crippen LogP contribution in [0.15, 0.2) is 85.2 Å². The molecule has 4 heterocycles. The summed E-state index contributed by atoms with van der Waals surface area (Å²) in [4.78, 5) is 61.3. The van der Waals surface area contributed by atoms with Crippen LogP contribution in [0.2, 0.25) is 0 Å². The second-order valence-electron chi connectivity index (χ2n) is 14.4. The number of likely N-dealkylation sites (tertiary alicyclic amines) is 2. The lowest BCUT2D eigenvalue weighted by Crippen LogP contribution is -2.46. The maximum Gasteiger partial charge on any atom is 0.407 e. The van der Waals surface area contributed by atoms with Crippen molar-refractivity contribution in [2.45, 2.75) is 70.6 Å². The third-order valence-electron chi connectivity index (χ3n) is 11.2. The number of rotatable bonds is 12. The van der Waals surface area contributed by atoms with E-state index in [2.05, 4.69) is 44.0 Å². The molecule has 0 saturated carbocycles. The quantitative estimate of drug-likeness (QED) is 0.120. The summed E-state index contributed by atoms with van der Waals surface area (Å²) in [5, 5.41) is 2.70. The molecule has 3 N–H and O–H groups in total. The molecule has 12 nitrogen and oxygen atoms in total. The fraction of sp³-hybridized carbons (Fsp3) is 0.372. The second-order valence-corrected chi connectivity index (χ2v) is 14.4. The van der Waals surface area contributed by atoms with Crippen LogP contribution in [0.3, 0.4) is 0 Å². The fourth-order valence-electron chi connectivity index (χ4n) is 8.12. The van der Waals surface area contributed by atoms with Crippen LogP contribution in [0.4, 0.5) is 9.18 Å². The van der Waals surface area contributed by atoms with E-state index >= 15 is 4.39 Å². The van der Waals surface area contributed by atoms with E-state index in [9.17, 15) is 14.4 Å². The average molecular weight is 761 g/mol. The first-order valence-corrected chi connectivity index (χ1v) is 19.5. The lowest BCUT2D eigenvalue weighted by molar-refractivity contribution is -0.137. The molecule has 2 fully saturated rings. The number of methoxy groups -OCH3 is 1. The Balaban J connectivity index is 1.03. The molecule has 292 valence electrons. The SMILES string of the molecule is CCN(CC)C(C)C(=O)N1CCC[C@H]1c1ncc(-c2ccc(-c3ccc(-c4cnc([C@@H]5CCCN5C(=O)[C@H](NC(=O)OC)c5ccccc5)[nH]4)cc3)cc2F)[nH]1. The van der Waals surface area contributed by atoms with Crippen molar-refractivity contribution < 1.29 is 23.5 Å². The molecule has 2 saturated heterocycles. The highest BCUT2D eigenvalue weighted by Gasteiger charge is 2.38. The summed E-state index contributed by atoms with van der Waals surface area (Å²) >= 11 is 0. The number of hydrogen-bond donors (Lipinski definition) is 3. The van der Waals surface area contributed by atoms with Crippen LogP contribution in [0.25, 0.3) is 33.6 Å². The summed E-state index contributed by atoms with van der Waals surface area (Å²) in [6.07, 6.45) is 5.96. The standard InChI is InChI=1S/C43H49FN8O4/c1-5-50(6-2)27(3)41(53)51-22-10-14-36(51)40-46-26-35(48-40)32-21-20-31(24-33(32)44)28-16-18-29(19-17-28)34-25-45-39(47-34)37-15-11-23-52(37)42(54)38(49-43(55)56-4)30-12-8-7-9-13-30/h7-9,12-13,16-21,24-27,36-38H,5-6,10-11,14-15,22-23H2,1-4H3,(H,45,47)(H,46,48)(H,49,55)/t27?,36-,37-,38+/m0/s1. The smallest absolute Gasteiger partial charge is 0.407 e.